The third kappa shape index (κ3) is 1.78. The Bertz CT molecular complexity index is 272. The molecule has 1 aromatic rings. The predicted molar refractivity (Wildman–Crippen MR) is 53.6 cm³/mol. The number of anilines is 1. The average molecular weight is 162 g/mol. The maximum absolute atomic E-state index is 5.57. The fourth-order valence-corrected chi connectivity index (χ4v) is 1.12. The highest BCUT2D eigenvalue weighted by atomic mass is 14.8. The molecule has 0 saturated carbocycles. The third-order valence-corrected chi connectivity index (χ3v) is 1.78. The van der Waals surface area contributed by atoms with Gasteiger partial charge >= 0.3 is 0 Å². The Morgan fingerprint density at radius 3 is 2.33 bits per heavy atom. The molecule has 0 aromatic heterocycles. The normalized spacial score (nSPS) is 11.3. The second-order valence-electron chi connectivity index (χ2n) is 2.57. The van der Waals surface area contributed by atoms with Crippen LogP contribution in [0, 0.1) is 0 Å². The van der Waals surface area contributed by atoms with Gasteiger partial charge in [-0.2, -0.15) is 0 Å². The van der Waals surface area contributed by atoms with Crippen LogP contribution in [0.15, 0.2) is 30.3 Å². The monoisotopic (exact) mass is 162 g/mol. The summed E-state index contributed by atoms with van der Waals surface area (Å²) in [4.78, 5) is 0. The van der Waals surface area contributed by atoms with Gasteiger partial charge in [0.05, 0.1) is 0 Å². The van der Waals surface area contributed by atoms with Crippen LogP contribution in [0.3, 0.4) is 0 Å². The Balaban J connectivity index is 2.96. The van der Waals surface area contributed by atoms with E-state index in [0.717, 1.165) is 16.9 Å². The first kappa shape index (κ1) is 8.65. The van der Waals surface area contributed by atoms with Crippen molar-refractivity contribution in [3.8, 4) is 0 Å². The molecule has 0 aliphatic heterocycles. The van der Waals surface area contributed by atoms with Crippen LogP contribution in [0.4, 0.5) is 5.69 Å². The summed E-state index contributed by atoms with van der Waals surface area (Å²) in [6, 6.07) is 7.80. The van der Waals surface area contributed by atoms with Crippen LogP contribution >= 0.6 is 0 Å². The predicted octanol–water partition coefficient (Wildman–Crippen LogP) is 1.85. The van der Waals surface area contributed by atoms with Gasteiger partial charge in [0.2, 0.25) is 0 Å². The molecule has 1 rings (SSSR count). The molecule has 0 unspecified atom stereocenters. The maximum atomic E-state index is 5.57. The summed E-state index contributed by atoms with van der Waals surface area (Å²) >= 11 is 0. The summed E-state index contributed by atoms with van der Waals surface area (Å²) in [5.41, 5.74) is 8.65. The molecule has 2 nitrogen and oxygen atoms in total. The van der Waals surface area contributed by atoms with Gasteiger partial charge in [-0.05, 0) is 24.6 Å². The molecule has 0 bridgehead atoms. The van der Waals surface area contributed by atoms with Crippen molar-refractivity contribution in [2.24, 2.45) is 0 Å². The van der Waals surface area contributed by atoms with Crippen molar-refractivity contribution >= 4 is 11.4 Å². The van der Waals surface area contributed by atoms with E-state index in [4.69, 9.17) is 5.73 Å². The van der Waals surface area contributed by atoms with Crippen molar-refractivity contribution in [2.75, 3.05) is 12.8 Å². The van der Waals surface area contributed by atoms with Crippen LogP contribution in [0.1, 0.15) is 12.5 Å². The Hall–Kier alpha value is -1.44. The van der Waals surface area contributed by atoms with Gasteiger partial charge < -0.3 is 11.1 Å². The molecular formula is C10H14N2. The van der Waals surface area contributed by atoms with Crippen molar-refractivity contribution in [2.45, 2.75) is 6.92 Å². The Kier molecular flexibility index (Phi) is 2.75. The van der Waals surface area contributed by atoms with Crippen LogP contribution in [0.5, 0.6) is 0 Å². The quantitative estimate of drug-likeness (QED) is 0.651. The second-order valence-corrected chi connectivity index (χ2v) is 2.57. The van der Waals surface area contributed by atoms with Gasteiger partial charge in [0, 0.05) is 18.4 Å². The number of allylic oxidation sites excluding steroid dienone is 1. The smallest absolute Gasteiger partial charge is 0.0367 e. The highest BCUT2D eigenvalue weighted by molar-refractivity contribution is 5.64. The van der Waals surface area contributed by atoms with Crippen molar-refractivity contribution in [3.05, 3.63) is 35.9 Å². The Morgan fingerprint density at radius 1 is 1.33 bits per heavy atom. The Morgan fingerprint density at radius 2 is 1.92 bits per heavy atom. The van der Waals surface area contributed by atoms with Gasteiger partial charge in [0.25, 0.3) is 0 Å². The van der Waals surface area contributed by atoms with Crippen molar-refractivity contribution in [1.82, 2.24) is 5.32 Å². The number of rotatable bonds is 2. The van der Waals surface area contributed by atoms with Crippen LogP contribution in [-0.4, -0.2) is 7.05 Å². The van der Waals surface area contributed by atoms with Crippen LogP contribution in [0.2, 0.25) is 0 Å². The first-order valence-corrected chi connectivity index (χ1v) is 3.98. The van der Waals surface area contributed by atoms with E-state index in [1.807, 2.05) is 44.3 Å². The van der Waals surface area contributed by atoms with Gasteiger partial charge in [-0.25, -0.2) is 0 Å². The van der Waals surface area contributed by atoms with E-state index in [2.05, 4.69) is 5.32 Å². The summed E-state index contributed by atoms with van der Waals surface area (Å²) in [6.07, 6.45) is 2.03. The topological polar surface area (TPSA) is 38.0 Å². The second kappa shape index (κ2) is 3.81. The molecule has 0 fully saturated rings. The summed E-state index contributed by atoms with van der Waals surface area (Å²) in [7, 11) is 1.91. The van der Waals surface area contributed by atoms with Crippen LogP contribution in [0.25, 0.3) is 5.70 Å². The zero-order chi connectivity index (χ0) is 8.97. The molecule has 2 heteroatoms. The minimum absolute atomic E-state index is 0.797. The van der Waals surface area contributed by atoms with Gasteiger partial charge in [-0.1, -0.05) is 18.2 Å². The molecule has 0 aliphatic carbocycles. The third-order valence-electron chi connectivity index (χ3n) is 1.78. The number of nitrogens with two attached hydrogens (primary N) is 1. The molecule has 3 N–H and O–H groups in total. The standard InChI is InChI=1S/C10H14N2/c1-3-10(12-2)8-4-6-9(11)7-5-8/h3-7,12H,11H2,1-2H3/b10-3-. The van der Waals surface area contributed by atoms with Crippen molar-refractivity contribution in [1.29, 1.82) is 0 Å². The van der Waals surface area contributed by atoms with Crippen LogP contribution < -0.4 is 11.1 Å². The number of hydrogen-bond donors (Lipinski definition) is 2. The SMILES string of the molecule is C/C=C(\NC)c1ccc(N)cc1. The minimum atomic E-state index is 0.797. The molecule has 0 heterocycles. The lowest BCUT2D eigenvalue weighted by Gasteiger charge is -2.05. The number of hydrogen-bond acceptors (Lipinski definition) is 2. The van der Waals surface area contributed by atoms with Gasteiger partial charge in [0.1, 0.15) is 0 Å². The van der Waals surface area contributed by atoms with Crippen molar-refractivity contribution in [3.63, 3.8) is 0 Å². The first-order chi connectivity index (χ1) is 5.77. The van der Waals surface area contributed by atoms with E-state index < -0.39 is 0 Å². The van der Waals surface area contributed by atoms with E-state index >= 15 is 0 Å². The number of nitrogens with one attached hydrogen (secondary N) is 1. The summed E-state index contributed by atoms with van der Waals surface area (Å²) < 4.78 is 0. The van der Waals surface area contributed by atoms with Gasteiger partial charge in [0.15, 0.2) is 0 Å². The lowest BCUT2D eigenvalue weighted by atomic mass is 10.1. The highest BCUT2D eigenvalue weighted by Gasteiger charge is 1.95. The largest absolute Gasteiger partial charge is 0.399 e. The fourth-order valence-electron chi connectivity index (χ4n) is 1.12. The molecular weight excluding hydrogens is 148 g/mol. The molecule has 12 heavy (non-hydrogen) atoms. The molecule has 0 saturated heterocycles. The van der Waals surface area contributed by atoms with Crippen molar-refractivity contribution < 1.29 is 0 Å². The molecule has 0 radical (unpaired) electrons. The first-order valence-electron chi connectivity index (χ1n) is 3.98. The van der Waals surface area contributed by atoms with Gasteiger partial charge in [-0.15, -0.1) is 0 Å². The summed E-state index contributed by atoms with van der Waals surface area (Å²) in [5.74, 6) is 0. The van der Waals surface area contributed by atoms with Crippen LogP contribution in [-0.2, 0) is 0 Å². The molecule has 0 amide bonds. The van der Waals surface area contributed by atoms with E-state index in [-0.39, 0.29) is 0 Å². The van der Waals surface area contributed by atoms with E-state index in [0.29, 0.717) is 0 Å². The lowest BCUT2D eigenvalue weighted by molar-refractivity contribution is 1.12. The molecule has 0 spiro atoms. The number of nitrogen functional groups attached to an aromatic ring is 1. The van der Waals surface area contributed by atoms with E-state index in [9.17, 15) is 0 Å². The molecule has 0 atom stereocenters. The molecule has 1 aromatic carbocycles. The zero-order valence-corrected chi connectivity index (χ0v) is 7.46. The minimum Gasteiger partial charge on any atom is -0.399 e. The zero-order valence-electron chi connectivity index (χ0n) is 7.46. The molecule has 64 valence electrons. The highest BCUT2D eigenvalue weighted by Crippen LogP contribution is 2.12. The van der Waals surface area contributed by atoms with E-state index in [1.54, 1.807) is 0 Å². The lowest BCUT2D eigenvalue weighted by Crippen LogP contribution is -2.03. The maximum Gasteiger partial charge on any atom is 0.0367 e. The number of benzene rings is 1. The Labute approximate surface area is 73.1 Å². The fraction of sp³-hybridized carbons (Fsp3) is 0.200. The molecule has 0 aliphatic rings. The van der Waals surface area contributed by atoms with Gasteiger partial charge in [-0.3, -0.25) is 0 Å². The average Bonchev–Trinajstić information content (AvgIpc) is 2.10. The summed E-state index contributed by atoms with van der Waals surface area (Å²) in [6.45, 7) is 2.00. The summed E-state index contributed by atoms with van der Waals surface area (Å²) in [5, 5.41) is 3.11. The van der Waals surface area contributed by atoms with E-state index in [1.165, 1.54) is 0 Å².